The van der Waals surface area contributed by atoms with E-state index in [9.17, 15) is 0 Å². The zero-order valence-corrected chi connectivity index (χ0v) is 23.9. The van der Waals surface area contributed by atoms with Gasteiger partial charge in [0.15, 0.2) is 6.17 Å². The standard InChI is InChI=1S/C38H28N6/c1-4-11-25(12-5-1)28-21-29(32-24-33-35(41-20-19-39-33)31-17-10-18-40-34(31)32)23-30(22-28)38-43-36(26-13-6-2-7-14-26)42-37(44-38)27-15-8-3-9-16-27/h1-19,21-24,38,41H,20H2,(H,42,43,44). The van der Waals surface area contributed by atoms with E-state index in [2.05, 4.69) is 89.5 Å². The van der Waals surface area contributed by atoms with Crippen molar-refractivity contribution >= 4 is 40.2 Å². The van der Waals surface area contributed by atoms with Gasteiger partial charge in [0.05, 0.1) is 23.4 Å². The second kappa shape index (κ2) is 11.1. The summed E-state index contributed by atoms with van der Waals surface area (Å²) in [5, 5.41) is 8.05. The maximum atomic E-state index is 5.17. The van der Waals surface area contributed by atoms with Crippen molar-refractivity contribution in [1.82, 2.24) is 10.3 Å². The Balaban J connectivity index is 1.35. The van der Waals surface area contributed by atoms with Crippen molar-refractivity contribution in [2.24, 2.45) is 15.0 Å². The first-order valence-electron chi connectivity index (χ1n) is 14.7. The van der Waals surface area contributed by atoms with Crippen LogP contribution >= 0.6 is 0 Å². The van der Waals surface area contributed by atoms with Crippen molar-refractivity contribution in [2.45, 2.75) is 6.17 Å². The minimum absolute atomic E-state index is 0.458. The van der Waals surface area contributed by atoms with Crippen LogP contribution < -0.4 is 10.6 Å². The second-order valence-corrected chi connectivity index (χ2v) is 10.8. The van der Waals surface area contributed by atoms with Crippen molar-refractivity contribution in [1.29, 1.82) is 0 Å². The first-order chi connectivity index (χ1) is 21.8. The molecule has 0 bridgehead atoms. The van der Waals surface area contributed by atoms with Crippen LogP contribution in [0, 0.1) is 0 Å². The predicted molar refractivity (Wildman–Crippen MR) is 181 cm³/mol. The summed E-state index contributed by atoms with van der Waals surface area (Å²) in [4.78, 5) is 19.9. The molecular weight excluding hydrogens is 540 g/mol. The number of fused-ring (bicyclic) bond motifs is 3. The number of nitrogens with one attached hydrogen (secondary N) is 2. The molecule has 0 radical (unpaired) electrons. The lowest BCUT2D eigenvalue weighted by atomic mass is 9.93. The van der Waals surface area contributed by atoms with E-state index in [0.717, 1.165) is 72.9 Å². The van der Waals surface area contributed by atoms with E-state index in [1.165, 1.54) is 0 Å². The molecule has 0 fully saturated rings. The fourth-order valence-corrected chi connectivity index (χ4v) is 5.87. The molecule has 0 saturated heterocycles. The first kappa shape index (κ1) is 25.8. The molecule has 2 aliphatic rings. The van der Waals surface area contributed by atoms with Gasteiger partial charge in [-0.15, -0.1) is 0 Å². The highest BCUT2D eigenvalue weighted by Gasteiger charge is 2.23. The molecule has 210 valence electrons. The van der Waals surface area contributed by atoms with Crippen LogP contribution in [0.5, 0.6) is 0 Å². The Labute approximate surface area is 255 Å². The zero-order chi connectivity index (χ0) is 29.3. The Bertz CT molecular complexity index is 2030. The van der Waals surface area contributed by atoms with Crippen LogP contribution in [0.15, 0.2) is 149 Å². The highest BCUT2D eigenvalue weighted by atomic mass is 15.2. The van der Waals surface area contributed by atoms with Gasteiger partial charge in [-0.25, -0.2) is 9.98 Å². The Morgan fingerprint density at radius 2 is 1.23 bits per heavy atom. The fraction of sp³-hybridized carbons (Fsp3) is 0.0526. The number of hydrogen-bond donors (Lipinski definition) is 2. The summed E-state index contributed by atoms with van der Waals surface area (Å²) in [6.45, 7) is 0.698. The Morgan fingerprint density at radius 3 is 1.91 bits per heavy atom. The second-order valence-electron chi connectivity index (χ2n) is 10.8. The number of aromatic nitrogens is 1. The van der Waals surface area contributed by atoms with E-state index in [1.807, 2.05) is 60.9 Å². The maximum Gasteiger partial charge on any atom is 0.169 e. The zero-order valence-electron chi connectivity index (χ0n) is 23.9. The van der Waals surface area contributed by atoms with Crippen LogP contribution in [-0.4, -0.2) is 29.4 Å². The van der Waals surface area contributed by atoms with Gasteiger partial charge < -0.3 is 10.6 Å². The van der Waals surface area contributed by atoms with Crippen molar-refractivity contribution in [3.8, 4) is 22.3 Å². The smallest absolute Gasteiger partial charge is 0.169 e. The Hall–Kier alpha value is -5.88. The lowest BCUT2D eigenvalue weighted by molar-refractivity contribution is 0.756. The topological polar surface area (TPSA) is 74.0 Å². The third-order valence-corrected chi connectivity index (χ3v) is 7.98. The number of nitrogens with zero attached hydrogens (tertiary/aromatic N) is 4. The van der Waals surface area contributed by atoms with Gasteiger partial charge in [-0.1, -0.05) is 91.0 Å². The molecule has 0 unspecified atom stereocenters. The number of pyridine rings is 1. The van der Waals surface area contributed by atoms with Crippen LogP contribution in [0.3, 0.4) is 0 Å². The minimum Gasteiger partial charge on any atom is -0.378 e. The molecule has 0 aliphatic carbocycles. The molecule has 8 rings (SSSR count). The van der Waals surface area contributed by atoms with E-state index in [0.29, 0.717) is 6.54 Å². The number of hydrogen-bond acceptors (Lipinski definition) is 6. The van der Waals surface area contributed by atoms with Crippen molar-refractivity contribution in [2.75, 3.05) is 11.9 Å². The summed E-state index contributed by atoms with van der Waals surface area (Å²) in [5.74, 6) is 1.58. The fourth-order valence-electron chi connectivity index (χ4n) is 5.87. The number of anilines is 1. The van der Waals surface area contributed by atoms with E-state index in [1.54, 1.807) is 0 Å². The average molecular weight is 569 g/mol. The van der Waals surface area contributed by atoms with Crippen LogP contribution in [0.1, 0.15) is 22.9 Å². The first-order valence-corrected chi connectivity index (χ1v) is 14.7. The van der Waals surface area contributed by atoms with E-state index < -0.39 is 6.17 Å². The molecule has 2 N–H and O–H groups in total. The summed E-state index contributed by atoms with van der Waals surface area (Å²) in [6.07, 6.45) is 3.31. The SMILES string of the molecule is C1=Nc2cc(-c3cc(-c4ccccc4)cc(C4N=C(c5ccccc5)NC(c5ccccc5)=N4)c3)c3ncccc3c2NC1. The van der Waals surface area contributed by atoms with Crippen LogP contribution in [0.4, 0.5) is 11.4 Å². The van der Waals surface area contributed by atoms with Crippen LogP contribution in [-0.2, 0) is 0 Å². The van der Waals surface area contributed by atoms with E-state index in [4.69, 9.17) is 20.0 Å². The lowest BCUT2D eigenvalue weighted by Gasteiger charge is -2.23. The van der Waals surface area contributed by atoms with Crippen LogP contribution in [0.25, 0.3) is 33.2 Å². The summed E-state index contributed by atoms with van der Waals surface area (Å²) < 4.78 is 0. The number of benzene rings is 5. The largest absolute Gasteiger partial charge is 0.378 e. The third kappa shape index (κ3) is 4.82. The number of amidine groups is 2. The highest BCUT2D eigenvalue weighted by Crippen LogP contribution is 2.42. The number of aliphatic imine (C=N–C) groups is 3. The molecule has 6 aromatic rings. The predicted octanol–water partition coefficient (Wildman–Crippen LogP) is 8.19. The van der Waals surface area contributed by atoms with Gasteiger partial charge >= 0.3 is 0 Å². The highest BCUT2D eigenvalue weighted by molar-refractivity contribution is 6.16. The van der Waals surface area contributed by atoms with Crippen molar-refractivity contribution < 1.29 is 0 Å². The van der Waals surface area contributed by atoms with Gasteiger partial charge in [-0.05, 0) is 58.7 Å². The van der Waals surface area contributed by atoms with Gasteiger partial charge in [0, 0.05) is 34.5 Å². The molecule has 0 atom stereocenters. The number of rotatable bonds is 5. The molecule has 0 spiro atoms. The third-order valence-electron chi connectivity index (χ3n) is 7.98. The van der Waals surface area contributed by atoms with Crippen molar-refractivity contribution in [3.05, 3.63) is 150 Å². The molecule has 1 aromatic heterocycles. The summed E-state index contributed by atoms with van der Waals surface area (Å²) in [6, 6.07) is 43.8. The van der Waals surface area contributed by atoms with Gasteiger partial charge in [-0.2, -0.15) is 0 Å². The van der Waals surface area contributed by atoms with Gasteiger partial charge in [0.1, 0.15) is 11.7 Å². The quantitative estimate of drug-likeness (QED) is 0.220. The molecule has 0 saturated carbocycles. The molecule has 6 nitrogen and oxygen atoms in total. The Morgan fingerprint density at radius 1 is 0.591 bits per heavy atom. The monoisotopic (exact) mass is 568 g/mol. The molecular formula is C38H28N6. The van der Waals surface area contributed by atoms with Crippen molar-refractivity contribution in [3.63, 3.8) is 0 Å². The molecule has 0 amide bonds. The molecule has 2 aliphatic heterocycles. The Kier molecular flexibility index (Phi) is 6.50. The molecule has 6 heteroatoms. The molecule has 3 heterocycles. The summed E-state index contributed by atoms with van der Waals surface area (Å²) in [5.41, 5.74) is 10.2. The van der Waals surface area contributed by atoms with E-state index >= 15 is 0 Å². The molecule has 5 aromatic carbocycles. The van der Waals surface area contributed by atoms with E-state index in [-0.39, 0.29) is 0 Å². The van der Waals surface area contributed by atoms with Gasteiger partial charge in [0.25, 0.3) is 0 Å². The lowest BCUT2D eigenvalue weighted by Crippen LogP contribution is -2.36. The maximum absolute atomic E-state index is 5.17. The molecule has 44 heavy (non-hydrogen) atoms. The average Bonchev–Trinajstić information content (AvgIpc) is 3.12. The van der Waals surface area contributed by atoms with Gasteiger partial charge in [-0.3, -0.25) is 9.98 Å². The summed E-state index contributed by atoms with van der Waals surface area (Å²) in [7, 11) is 0. The summed E-state index contributed by atoms with van der Waals surface area (Å²) >= 11 is 0. The normalized spacial score (nSPS) is 14.3. The van der Waals surface area contributed by atoms with Crippen LogP contribution in [0.2, 0.25) is 0 Å². The van der Waals surface area contributed by atoms with Gasteiger partial charge in [0.2, 0.25) is 0 Å². The minimum atomic E-state index is -0.458.